The van der Waals surface area contributed by atoms with Crippen molar-refractivity contribution >= 4 is 29.0 Å². The van der Waals surface area contributed by atoms with E-state index in [4.69, 9.17) is 18.9 Å². The first-order valence-corrected chi connectivity index (χ1v) is 11.6. The van der Waals surface area contributed by atoms with Gasteiger partial charge in [0.15, 0.2) is 23.0 Å². The third kappa shape index (κ3) is 6.44. The molecule has 0 saturated carbocycles. The fraction of sp³-hybridized carbons (Fsp3) is 0.360. The van der Waals surface area contributed by atoms with Gasteiger partial charge in [0.05, 0.1) is 31.8 Å². The van der Waals surface area contributed by atoms with Gasteiger partial charge >= 0.3 is 0 Å². The minimum absolute atomic E-state index is 0.145. The Kier molecular flexibility index (Phi) is 8.65. The summed E-state index contributed by atoms with van der Waals surface area (Å²) in [6.07, 6.45) is 1.70. The van der Waals surface area contributed by atoms with Gasteiger partial charge in [-0.2, -0.15) is 0 Å². The third-order valence-corrected chi connectivity index (χ3v) is 5.56. The number of amides is 2. The molecule has 1 fully saturated rings. The van der Waals surface area contributed by atoms with Crippen molar-refractivity contribution in [2.45, 2.75) is 20.8 Å². The normalized spacial score (nSPS) is 14.8. The Morgan fingerprint density at radius 1 is 0.970 bits per heavy atom. The summed E-state index contributed by atoms with van der Waals surface area (Å²) in [4.78, 5) is 26.8. The summed E-state index contributed by atoms with van der Waals surface area (Å²) in [6.45, 7) is 7.43. The molecule has 0 unspecified atom stereocenters. The zero-order valence-corrected chi connectivity index (χ0v) is 20.1. The van der Waals surface area contributed by atoms with Crippen LogP contribution in [-0.4, -0.2) is 49.5 Å². The fourth-order valence-electron chi connectivity index (χ4n) is 3.09. The van der Waals surface area contributed by atoms with Crippen molar-refractivity contribution in [3.05, 3.63) is 52.9 Å². The molecule has 0 aliphatic carbocycles. The highest BCUT2D eigenvalue weighted by molar-refractivity contribution is 8.18. The number of methoxy groups -OCH3 is 1. The summed E-state index contributed by atoms with van der Waals surface area (Å²) >= 11 is 0.914. The van der Waals surface area contributed by atoms with E-state index in [1.165, 1.54) is 4.90 Å². The second-order valence-electron chi connectivity index (χ2n) is 7.68. The van der Waals surface area contributed by atoms with Crippen LogP contribution in [0.25, 0.3) is 6.08 Å². The monoisotopic (exact) mass is 471 g/mol. The summed E-state index contributed by atoms with van der Waals surface area (Å²) in [5.74, 6) is 2.47. The van der Waals surface area contributed by atoms with Gasteiger partial charge < -0.3 is 18.9 Å². The van der Waals surface area contributed by atoms with E-state index in [0.717, 1.165) is 17.3 Å². The number of carbonyl (C=O) groups excluding carboxylic acids is 2. The van der Waals surface area contributed by atoms with Crippen molar-refractivity contribution in [3.63, 3.8) is 0 Å². The number of thioether (sulfide) groups is 1. The quantitative estimate of drug-likeness (QED) is 0.415. The topological polar surface area (TPSA) is 74.3 Å². The molecule has 3 rings (SSSR count). The molecule has 0 aromatic heterocycles. The summed E-state index contributed by atoms with van der Waals surface area (Å²) in [6, 6.07) is 12.7. The van der Waals surface area contributed by atoms with E-state index in [0.29, 0.717) is 47.0 Å². The van der Waals surface area contributed by atoms with Gasteiger partial charge in [0.2, 0.25) is 0 Å². The number of hydrogen-bond donors (Lipinski definition) is 0. The van der Waals surface area contributed by atoms with E-state index in [1.54, 1.807) is 25.3 Å². The summed E-state index contributed by atoms with van der Waals surface area (Å²) in [5, 5.41) is -0.322. The molecular formula is C25H29NO6S. The summed E-state index contributed by atoms with van der Waals surface area (Å²) in [7, 11) is 1.56. The van der Waals surface area contributed by atoms with Crippen LogP contribution in [0.1, 0.15) is 26.3 Å². The van der Waals surface area contributed by atoms with E-state index in [9.17, 15) is 9.59 Å². The Labute approximate surface area is 198 Å². The molecule has 1 aliphatic rings. The Hall–Kier alpha value is -3.13. The highest BCUT2D eigenvalue weighted by Gasteiger charge is 2.34. The Balaban J connectivity index is 1.67. The minimum atomic E-state index is -0.341. The molecule has 7 nitrogen and oxygen atoms in total. The predicted octanol–water partition coefficient (Wildman–Crippen LogP) is 5.24. The van der Waals surface area contributed by atoms with Crippen LogP contribution in [0.3, 0.4) is 0 Å². The van der Waals surface area contributed by atoms with Crippen molar-refractivity contribution in [2.75, 3.05) is 33.5 Å². The number of ether oxygens (including phenoxy) is 4. The van der Waals surface area contributed by atoms with E-state index in [2.05, 4.69) is 13.8 Å². The van der Waals surface area contributed by atoms with E-state index >= 15 is 0 Å². The van der Waals surface area contributed by atoms with Gasteiger partial charge in [-0.3, -0.25) is 14.5 Å². The fourth-order valence-corrected chi connectivity index (χ4v) is 3.95. The zero-order valence-electron chi connectivity index (χ0n) is 19.3. The first-order valence-electron chi connectivity index (χ1n) is 10.8. The number of rotatable bonds is 11. The third-order valence-electron chi connectivity index (χ3n) is 4.65. The van der Waals surface area contributed by atoms with Crippen LogP contribution >= 0.6 is 11.8 Å². The van der Waals surface area contributed by atoms with Gasteiger partial charge in [-0.05, 0) is 60.5 Å². The lowest BCUT2D eigenvalue weighted by molar-refractivity contribution is -0.123. The molecule has 33 heavy (non-hydrogen) atoms. The van der Waals surface area contributed by atoms with Crippen molar-refractivity contribution in [1.29, 1.82) is 0 Å². The first kappa shape index (κ1) is 24.5. The molecule has 8 heteroatoms. The average molecular weight is 472 g/mol. The molecule has 1 saturated heterocycles. The largest absolute Gasteiger partial charge is 0.493 e. The molecule has 2 aromatic carbocycles. The number of carbonyl (C=O) groups is 2. The zero-order chi connectivity index (χ0) is 23.8. The molecule has 0 radical (unpaired) electrons. The second kappa shape index (κ2) is 11.7. The van der Waals surface area contributed by atoms with Crippen LogP contribution in [0, 0.1) is 5.92 Å². The van der Waals surface area contributed by atoms with Gasteiger partial charge in [0.1, 0.15) is 6.61 Å². The molecule has 176 valence electrons. The lowest BCUT2D eigenvalue weighted by Gasteiger charge is -2.15. The van der Waals surface area contributed by atoms with Crippen molar-refractivity contribution in [1.82, 2.24) is 4.90 Å². The van der Waals surface area contributed by atoms with Crippen LogP contribution in [0.5, 0.6) is 23.0 Å². The molecule has 0 bridgehead atoms. The lowest BCUT2D eigenvalue weighted by atomic mass is 10.1. The summed E-state index contributed by atoms with van der Waals surface area (Å²) < 4.78 is 22.5. The van der Waals surface area contributed by atoms with Crippen molar-refractivity contribution in [2.24, 2.45) is 5.92 Å². The smallest absolute Gasteiger partial charge is 0.293 e. The van der Waals surface area contributed by atoms with Crippen LogP contribution in [0.15, 0.2) is 47.4 Å². The number of imide groups is 1. The molecular weight excluding hydrogens is 442 g/mol. The Morgan fingerprint density at radius 2 is 1.70 bits per heavy atom. The summed E-state index contributed by atoms with van der Waals surface area (Å²) in [5.41, 5.74) is 0.756. The van der Waals surface area contributed by atoms with Gasteiger partial charge in [0, 0.05) is 0 Å². The molecule has 1 aliphatic heterocycles. The average Bonchev–Trinajstić information content (AvgIpc) is 3.06. The van der Waals surface area contributed by atoms with Crippen LogP contribution in [-0.2, 0) is 4.79 Å². The Bertz CT molecular complexity index is 1020. The minimum Gasteiger partial charge on any atom is -0.493 e. The Morgan fingerprint density at radius 3 is 2.39 bits per heavy atom. The number of benzene rings is 2. The van der Waals surface area contributed by atoms with E-state index < -0.39 is 0 Å². The van der Waals surface area contributed by atoms with Gasteiger partial charge in [-0.1, -0.05) is 32.0 Å². The predicted molar refractivity (Wildman–Crippen MR) is 129 cm³/mol. The molecule has 2 aromatic rings. The van der Waals surface area contributed by atoms with E-state index in [1.807, 2.05) is 37.3 Å². The van der Waals surface area contributed by atoms with E-state index in [-0.39, 0.29) is 24.3 Å². The molecule has 1 heterocycles. The van der Waals surface area contributed by atoms with Crippen molar-refractivity contribution in [3.8, 4) is 23.0 Å². The highest BCUT2D eigenvalue weighted by atomic mass is 32.2. The lowest BCUT2D eigenvalue weighted by Crippen LogP contribution is -2.32. The number of para-hydroxylation sites is 2. The van der Waals surface area contributed by atoms with Gasteiger partial charge in [-0.25, -0.2) is 0 Å². The maximum atomic E-state index is 12.8. The van der Waals surface area contributed by atoms with Crippen molar-refractivity contribution < 1.29 is 28.5 Å². The second-order valence-corrected chi connectivity index (χ2v) is 8.67. The van der Waals surface area contributed by atoms with Crippen LogP contribution in [0.2, 0.25) is 0 Å². The van der Waals surface area contributed by atoms with Crippen LogP contribution < -0.4 is 18.9 Å². The molecule has 2 amide bonds. The van der Waals surface area contributed by atoms with Gasteiger partial charge in [-0.15, -0.1) is 0 Å². The van der Waals surface area contributed by atoms with Gasteiger partial charge in [0.25, 0.3) is 11.1 Å². The van der Waals surface area contributed by atoms with Crippen LogP contribution in [0.4, 0.5) is 4.79 Å². The number of nitrogens with zero attached hydrogens (tertiary/aromatic N) is 1. The molecule has 0 N–H and O–H groups in total. The SMILES string of the molecule is CCOc1cc(/C=C2\SC(=O)N(CCOc3ccccc3OC)C2=O)ccc1OCC(C)C. The molecule has 0 atom stereocenters. The molecule has 0 spiro atoms. The maximum absolute atomic E-state index is 12.8. The first-order chi connectivity index (χ1) is 15.9. The number of hydrogen-bond acceptors (Lipinski definition) is 7. The maximum Gasteiger partial charge on any atom is 0.293 e. The standard InChI is InChI=1S/C25H29NO6S/c1-5-30-22-14-18(10-11-21(22)32-16-17(2)3)15-23-24(27)26(25(28)33-23)12-13-31-20-9-7-6-8-19(20)29-4/h6-11,14-15,17H,5,12-13,16H2,1-4H3/b23-15-. The highest BCUT2D eigenvalue weighted by Crippen LogP contribution is 2.35.